The molecule has 1 amide bonds. The van der Waals surface area contributed by atoms with Gasteiger partial charge in [-0.2, -0.15) is 0 Å². The van der Waals surface area contributed by atoms with Crippen LogP contribution in [0, 0.1) is 0 Å². The molecular formula is C16H19N3OS. The summed E-state index contributed by atoms with van der Waals surface area (Å²) in [5.74, 6) is -0.0423. The van der Waals surface area contributed by atoms with E-state index in [1.54, 1.807) is 0 Å². The molecule has 1 heterocycles. The van der Waals surface area contributed by atoms with Crippen molar-refractivity contribution < 1.29 is 4.79 Å². The SMILES string of the molecule is CN(Cc1ccccc1)c1cc(N)c(C(=O)NC2CC2)s1. The molecule has 0 atom stereocenters. The number of benzene rings is 1. The van der Waals surface area contributed by atoms with Crippen LogP contribution in [0.1, 0.15) is 28.1 Å². The molecule has 3 rings (SSSR count). The Balaban J connectivity index is 1.71. The van der Waals surface area contributed by atoms with E-state index in [1.807, 2.05) is 31.3 Å². The number of nitrogens with zero attached hydrogens (tertiary/aromatic N) is 1. The Morgan fingerprint density at radius 2 is 2.10 bits per heavy atom. The summed E-state index contributed by atoms with van der Waals surface area (Å²) < 4.78 is 0. The first-order valence-corrected chi connectivity index (χ1v) is 7.90. The first-order valence-electron chi connectivity index (χ1n) is 7.08. The number of amides is 1. The minimum atomic E-state index is -0.0423. The number of anilines is 2. The molecule has 3 N–H and O–H groups in total. The summed E-state index contributed by atoms with van der Waals surface area (Å²) in [6, 6.07) is 12.5. The molecule has 1 fully saturated rings. The summed E-state index contributed by atoms with van der Waals surface area (Å²) in [6.07, 6.45) is 2.16. The van der Waals surface area contributed by atoms with Crippen molar-refractivity contribution in [1.82, 2.24) is 5.32 Å². The molecule has 21 heavy (non-hydrogen) atoms. The number of nitrogens with two attached hydrogens (primary N) is 1. The average molecular weight is 301 g/mol. The van der Waals surface area contributed by atoms with Crippen LogP contribution in [0.4, 0.5) is 10.7 Å². The Hall–Kier alpha value is -2.01. The zero-order chi connectivity index (χ0) is 14.8. The highest BCUT2D eigenvalue weighted by Crippen LogP contribution is 2.33. The van der Waals surface area contributed by atoms with Gasteiger partial charge in [0.25, 0.3) is 5.91 Å². The van der Waals surface area contributed by atoms with Crippen LogP contribution < -0.4 is 16.0 Å². The quantitative estimate of drug-likeness (QED) is 0.893. The van der Waals surface area contributed by atoms with Crippen LogP contribution in [0.15, 0.2) is 36.4 Å². The summed E-state index contributed by atoms with van der Waals surface area (Å²) in [5, 5.41) is 4.00. The van der Waals surface area contributed by atoms with Crippen molar-refractivity contribution in [2.45, 2.75) is 25.4 Å². The Bertz CT molecular complexity index is 634. The maximum absolute atomic E-state index is 12.1. The van der Waals surface area contributed by atoms with Crippen molar-refractivity contribution >= 4 is 27.9 Å². The fourth-order valence-electron chi connectivity index (χ4n) is 2.17. The fourth-order valence-corrected chi connectivity index (χ4v) is 3.11. The van der Waals surface area contributed by atoms with Gasteiger partial charge in [0.1, 0.15) is 4.88 Å². The molecule has 0 radical (unpaired) electrons. The Morgan fingerprint density at radius 1 is 1.38 bits per heavy atom. The van der Waals surface area contributed by atoms with Crippen molar-refractivity contribution in [3.05, 3.63) is 46.8 Å². The molecule has 0 aliphatic heterocycles. The van der Waals surface area contributed by atoms with Gasteiger partial charge in [-0.05, 0) is 24.5 Å². The van der Waals surface area contributed by atoms with Crippen molar-refractivity contribution in [3.63, 3.8) is 0 Å². The van der Waals surface area contributed by atoms with Crippen molar-refractivity contribution in [1.29, 1.82) is 0 Å². The molecule has 0 spiro atoms. The zero-order valence-corrected chi connectivity index (χ0v) is 12.8. The van der Waals surface area contributed by atoms with E-state index in [-0.39, 0.29) is 5.91 Å². The lowest BCUT2D eigenvalue weighted by Crippen LogP contribution is -2.25. The highest BCUT2D eigenvalue weighted by atomic mass is 32.1. The van der Waals surface area contributed by atoms with Crippen molar-refractivity contribution in [2.24, 2.45) is 0 Å². The van der Waals surface area contributed by atoms with E-state index in [0.29, 0.717) is 16.6 Å². The minimum Gasteiger partial charge on any atom is -0.397 e. The van der Waals surface area contributed by atoms with Crippen LogP contribution in [0.3, 0.4) is 0 Å². The van der Waals surface area contributed by atoms with Gasteiger partial charge in [-0.3, -0.25) is 4.79 Å². The number of nitrogen functional groups attached to an aromatic ring is 1. The molecule has 1 aromatic heterocycles. The second kappa shape index (κ2) is 5.77. The molecule has 110 valence electrons. The molecular weight excluding hydrogens is 282 g/mol. The third kappa shape index (κ3) is 3.36. The van der Waals surface area contributed by atoms with E-state index in [1.165, 1.54) is 16.9 Å². The van der Waals surface area contributed by atoms with Crippen LogP contribution in [0.5, 0.6) is 0 Å². The predicted octanol–water partition coefficient (Wildman–Crippen LogP) is 2.86. The number of carbonyl (C=O) groups excluding carboxylic acids is 1. The molecule has 4 nitrogen and oxygen atoms in total. The number of thiophene rings is 1. The molecule has 2 aromatic rings. The van der Waals surface area contributed by atoms with E-state index < -0.39 is 0 Å². The predicted molar refractivity (Wildman–Crippen MR) is 87.8 cm³/mol. The number of nitrogens with one attached hydrogen (secondary N) is 1. The minimum absolute atomic E-state index is 0.0423. The average Bonchev–Trinajstić information content (AvgIpc) is 3.19. The largest absolute Gasteiger partial charge is 0.397 e. The number of hydrogen-bond donors (Lipinski definition) is 2. The Labute approximate surface area is 128 Å². The molecule has 1 saturated carbocycles. The lowest BCUT2D eigenvalue weighted by atomic mass is 10.2. The summed E-state index contributed by atoms with van der Waals surface area (Å²) in [6.45, 7) is 0.796. The van der Waals surface area contributed by atoms with Crippen LogP contribution in [-0.4, -0.2) is 19.0 Å². The van der Waals surface area contributed by atoms with E-state index in [4.69, 9.17) is 5.73 Å². The lowest BCUT2D eigenvalue weighted by molar-refractivity contribution is 0.0956. The fraction of sp³-hybridized carbons (Fsp3) is 0.312. The van der Waals surface area contributed by atoms with Crippen LogP contribution in [-0.2, 0) is 6.54 Å². The zero-order valence-electron chi connectivity index (χ0n) is 12.0. The smallest absolute Gasteiger partial charge is 0.263 e. The third-order valence-electron chi connectivity index (χ3n) is 3.51. The highest BCUT2D eigenvalue weighted by Gasteiger charge is 2.26. The van der Waals surface area contributed by atoms with Crippen LogP contribution >= 0.6 is 11.3 Å². The van der Waals surface area contributed by atoms with Gasteiger partial charge in [0.15, 0.2) is 0 Å². The highest BCUT2D eigenvalue weighted by molar-refractivity contribution is 7.18. The van der Waals surface area contributed by atoms with Gasteiger partial charge >= 0.3 is 0 Å². The standard InChI is InChI=1S/C16H19N3OS/c1-19(10-11-5-3-2-4-6-11)14-9-13(17)15(21-14)16(20)18-12-7-8-12/h2-6,9,12H,7-8,10,17H2,1H3,(H,18,20). The van der Waals surface area contributed by atoms with E-state index in [9.17, 15) is 4.79 Å². The third-order valence-corrected chi connectivity index (χ3v) is 4.77. The van der Waals surface area contributed by atoms with Gasteiger partial charge in [-0.1, -0.05) is 30.3 Å². The summed E-state index contributed by atoms with van der Waals surface area (Å²) >= 11 is 1.45. The molecule has 0 saturated heterocycles. The second-order valence-electron chi connectivity index (χ2n) is 5.46. The summed E-state index contributed by atoms with van der Waals surface area (Å²) in [4.78, 5) is 14.8. The second-order valence-corrected chi connectivity index (χ2v) is 6.49. The van der Waals surface area contributed by atoms with Gasteiger partial charge < -0.3 is 16.0 Å². The van der Waals surface area contributed by atoms with Gasteiger partial charge in [0, 0.05) is 19.6 Å². The van der Waals surface area contributed by atoms with Crippen LogP contribution in [0.2, 0.25) is 0 Å². The van der Waals surface area contributed by atoms with Crippen molar-refractivity contribution in [3.8, 4) is 0 Å². The molecule has 1 aromatic carbocycles. The van der Waals surface area contributed by atoms with Gasteiger partial charge in [0.05, 0.1) is 10.7 Å². The molecule has 5 heteroatoms. The molecule has 1 aliphatic rings. The number of rotatable bonds is 5. The first-order chi connectivity index (χ1) is 10.1. The van der Waals surface area contributed by atoms with Crippen molar-refractivity contribution in [2.75, 3.05) is 17.7 Å². The molecule has 0 unspecified atom stereocenters. The van der Waals surface area contributed by atoms with Gasteiger partial charge in [-0.25, -0.2) is 0 Å². The maximum atomic E-state index is 12.1. The van der Waals surface area contributed by atoms with E-state index >= 15 is 0 Å². The van der Waals surface area contributed by atoms with E-state index in [0.717, 1.165) is 24.4 Å². The normalized spacial score (nSPS) is 14.0. The molecule has 1 aliphatic carbocycles. The van der Waals surface area contributed by atoms with Gasteiger partial charge in [-0.15, -0.1) is 11.3 Å². The number of carbonyl (C=O) groups is 1. The monoisotopic (exact) mass is 301 g/mol. The van der Waals surface area contributed by atoms with Gasteiger partial charge in [0.2, 0.25) is 0 Å². The summed E-state index contributed by atoms with van der Waals surface area (Å²) in [7, 11) is 2.01. The first kappa shape index (κ1) is 13.9. The van der Waals surface area contributed by atoms with Crippen LogP contribution in [0.25, 0.3) is 0 Å². The number of hydrogen-bond acceptors (Lipinski definition) is 4. The summed E-state index contributed by atoms with van der Waals surface area (Å²) in [5.41, 5.74) is 7.79. The Morgan fingerprint density at radius 3 is 2.76 bits per heavy atom. The lowest BCUT2D eigenvalue weighted by Gasteiger charge is -2.16. The topological polar surface area (TPSA) is 58.4 Å². The molecule has 0 bridgehead atoms. The van der Waals surface area contributed by atoms with E-state index in [2.05, 4.69) is 22.3 Å². The Kier molecular flexibility index (Phi) is 3.84. The maximum Gasteiger partial charge on any atom is 0.263 e.